The van der Waals surface area contributed by atoms with Gasteiger partial charge < -0.3 is 10.2 Å². The van der Waals surface area contributed by atoms with E-state index in [2.05, 4.69) is 76.3 Å². The van der Waals surface area contributed by atoms with Crippen LogP contribution >= 0.6 is 0 Å². The number of benzene rings is 1. The van der Waals surface area contributed by atoms with Gasteiger partial charge in [-0.2, -0.15) is 0 Å². The highest BCUT2D eigenvalue weighted by Gasteiger charge is 2.09. The number of hydrogen-bond acceptors (Lipinski definition) is 2. The average molecular weight is 276 g/mol. The second kappa shape index (κ2) is 8.43. The number of nitrogens with zero attached hydrogens (tertiary/aromatic N) is 1. The Morgan fingerprint density at radius 3 is 2.10 bits per heavy atom. The van der Waals surface area contributed by atoms with Crippen molar-refractivity contribution in [3.63, 3.8) is 0 Å². The fourth-order valence-corrected chi connectivity index (χ4v) is 2.47. The van der Waals surface area contributed by atoms with Crippen molar-refractivity contribution in [2.45, 2.75) is 52.6 Å². The summed E-state index contributed by atoms with van der Waals surface area (Å²) in [6, 6.07) is 10.1. The zero-order valence-electron chi connectivity index (χ0n) is 14.1. The first-order chi connectivity index (χ1) is 9.38. The van der Waals surface area contributed by atoms with Crippen LogP contribution < -0.4 is 5.32 Å². The lowest BCUT2D eigenvalue weighted by Gasteiger charge is -2.22. The molecule has 0 bridgehead atoms. The normalized spacial score (nSPS) is 14.8. The van der Waals surface area contributed by atoms with E-state index in [4.69, 9.17) is 0 Å². The van der Waals surface area contributed by atoms with Gasteiger partial charge in [-0.1, -0.05) is 38.1 Å². The molecule has 1 aromatic carbocycles. The van der Waals surface area contributed by atoms with Crippen molar-refractivity contribution in [3.05, 3.63) is 35.4 Å². The van der Waals surface area contributed by atoms with E-state index in [1.54, 1.807) is 0 Å². The van der Waals surface area contributed by atoms with Crippen molar-refractivity contribution < 1.29 is 0 Å². The van der Waals surface area contributed by atoms with Gasteiger partial charge in [0.15, 0.2) is 0 Å². The predicted octanol–water partition coefficient (Wildman–Crippen LogP) is 3.88. The quantitative estimate of drug-likeness (QED) is 0.775. The summed E-state index contributed by atoms with van der Waals surface area (Å²) in [5, 5.41) is 3.69. The highest BCUT2D eigenvalue weighted by Crippen LogP contribution is 2.16. The van der Waals surface area contributed by atoms with E-state index in [-0.39, 0.29) is 0 Å². The Bertz CT molecular complexity index is 368. The van der Waals surface area contributed by atoms with Crippen molar-refractivity contribution in [1.82, 2.24) is 10.2 Å². The first-order valence-electron chi connectivity index (χ1n) is 7.88. The van der Waals surface area contributed by atoms with Gasteiger partial charge in [-0.25, -0.2) is 0 Å². The maximum absolute atomic E-state index is 3.69. The Balaban J connectivity index is 2.48. The summed E-state index contributed by atoms with van der Waals surface area (Å²) in [5.74, 6) is 0.724. The number of rotatable bonds is 8. The monoisotopic (exact) mass is 276 g/mol. The van der Waals surface area contributed by atoms with E-state index in [9.17, 15) is 0 Å². The summed E-state index contributed by atoms with van der Waals surface area (Å²) >= 11 is 0. The fourth-order valence-electron chi connectivity index (χ4n) is 2.47. The molecule has 0 heterocycles. The number of hydrogen-bond donors (Lipinski definition) is 1. The van der Waals surface area contributed by atoms with Gasteiger partial charge in [0, 0.05) is 12.1 Å². The van der Waals surface area contributed by atoms with Crippen LogP contribution in [-0.4, -0.2) is 31.6 Å². The maximum atomic E-state index is 3.69. The molecule has 1 aromatic rings. The van der Waals surface area contributed by atoms with Gasteiger partial charge in [0.1, 0.15) is 0 Å². The molecule has 114 valence electrons. The summed E-state index contributed by atoms with van der Waals surface area (Å²) in [6.45, 7) is 10.2. The van der Waals surface area contributed by atoms with E-state index in [1.165, 1.54) is 24.0 Å². The highest BCUT2D eigenvalue weighted by atomic mass is 15.1. The molecule has 0 spiro atoms. The largest absolute Gasteiger partial charge is 0.309 e. The van der Waals surface area contributed by atoms with E-state index in [1.807, 2.05) is 0 Å². The van der Waals surface area contributed by atoms with Crippen LogP contribution in [0.3, 0.4) is 0 Å². The van der Waals surface area contributed by atoms with Crippen molar-refractivity contribution in [1.29, 1.82) is 0 Å². The first kappa shape index (κ1) is 17.2. The van der Waals surface area contributed by atoms with Gasteiger partial charge in [0.05, 0.1) is 0 Å². The van der Waals surface area contributed by atoms with Crippen molar-refractivity contribution in [2.24, 2.45) is 5.92 Å². The maximum Gasteiger partial charge on any atom is 0.0294 e. The van der Waals surface area contributed by atoms with Crippen LogP contribution in [0.15, 0.2) is 24.3 Å². The minimum absolute atomic E-state index is 0.417. The zero-order chi connectivity index (χ0) is 15.1. The molecule has 2 unspecified atom stereocenters. The van der Waals surface area contributed by atoms with Gasteiger partial charge >= 0.3 is 0 Å². The Morgan fingerprint density at radius 2 is 1.60 bits per heavy atom. The SMILES string of the molecule is CC(C)Cc1ccc(C(C)NC(C)CCN(C)C)cc1. The van der Waals surface area contributed by atoms with Gasteiger partial charge in [0.25, 0.3) is 0 Å². The van der Waals surface area contributed by atoms with Crippen LogP contribution in [0.1, 0.15) is 51.3 Å². The van der Waals surface area contributed by atoms with Crippen molar-refractivity contribution in [2.75, 3.05) is 20.6 Å². The molecule has 2 heteroatoms. The fraction of sp³-hybridized carbons (Fsp3) is 0.667. The minimum atomic E-state index is 0.417. The van der Waals surface area contributed by atoms with E-state index in [0.717, 1.165) is 12.5 Å². The minimum Gasteiger partial charge on any atom is -0.309 e. The second-order valence-electron chi connectivity index (χ2n) is 6.72. The van der Waals surface area contributed by atoms with Crippen molar-refractivity contribution in [3.8, 4) is 0 Å². The molecule has 0 aliphatic heterocycles. The molecule has 0 aliphatic carbocycles. The molecule has 0 amide bonds. The lowest BCUT2D eigenvalue weighted by atomic mass is 9.99. The van der Waals surface area contributed by atoms with Gasteiger partial charge in [-0.05, 0) is 64.4 Å². The first-order valence-corrected chi connectivity index (χ1v) is 7.88. The molecule has 2 atom stereocenters. The molecule has 1 N–H and O–H groups in total. The predicted molar refractivity (Wildman–Crippen MR) is 89.2 cm³/mol. The molecule has 2 nitrogen and oxygen atoms in total. The van der Waals surface area contributed by atoms with Gasteiger partial charge in [0.2, 0.25) is 0 Å². The highest BCUT2D eigenvalue weighted by molar-refractivity contribution is 5.25. The third-order valence-corrected chi connectivity index (χ3v) is 3.67. The smallest absolute Gasteiger partial charge is 0.0294 e. The molecular weight excluding hydrogens is 244 g/mol. The molecule has 20 heavy (non-hydrogen) atoms. The Kier molecular flexibility index (Phi) is 7.25. The van der Waals surface area contributed by atoms with E-state index < -0.39 is 0 Å². The summed E-state index contributed by atoms with van der Waals surface area (Å²) in [6.07, 6.45) is 2.35. The van der Waals surface area contributed by atoms with Gasteiger partial charge in [-0.3, -0.25) is 0 Å². The Morgan fingerprint density at radius 1 is 1.00 bits per heavy atom. The molecule has 0 radical (unpaired) electrons. The molecule has 1 rings (SSSR count). The molecule has 0 saturated carbocycles. The van der Waals surface area contributed by atoms with E-state index in [0.29, 0.717) is 12.1 Å². The van der Waals surface area contributed by atoms with Crippen LogP contribution in [-0.2, 0) is 6.42 Å². The summed E-state index contributed by atoms with van der Waals surface area (Å²) in [7, 11) is 4.26. The molecule has 0 aromatic heterocycles. The van der Waals surface area contributed by atoms with Crippen LogP contribution in [0, 0.1) is 5.92 Å². The average Bonchev–Trinajstić information content (AvgIpc) is 2.36. The van der Waals surface area contributed by atoms with Crippen LogP contribution in [0.25, 0.3) is 0 Å². The van der Waals surface area contributed by atoms with Gasteiger partial charge in [-0.15, -0.1) is 0 Å². The Labute approximate surface area is 125 Å². The molecule has 0 aliphatic rings. The molecule has 0 fully saturated rings. The third kappa shape index (κ3) is 6.53. The summed E-state index contributed by atoms with van der Waals surface area (Å²) in [4.78, 5) is 2.24. The van der Waals surface area contributed by atoms with E-state index >= 15 is 0 Å². The lowest BCUT2D eigenvalue weighted by molar-refractivity contribution is 0.354. The van der Waals surface area contributed by atoms with Crippen LogP contribution in [0.2, 0.25) is 0 Å². The summed E-state index contributed by atoms with van der Waals surface area (Å²) in [5.41, 5.74) is 2.82. The number of nitrogens with one attached hydrogen (secondary N) is 1. The topological polar surface area (TPSA) is 15.3 Å². The second-order valence-corrected chi connectivity index (χ2v) is 6.72. The standard InChI is InChI=1S/C18H32N2/c1-14(2)13-17-7-9-18(10-8-17)16(4)19-15(3)11-12-20(5)6/h7-10,14-16,19H,11-13H2,1-6H3. The summed E-state index contributed by atoms with van der Waals surface area (Å²) < 4.78 is 0. The van der Waals surface area contributed by atoms with Crippen LogP contribution in [0.5, 0.6) is 0 Å². The molecular formula is C18H32N2. The molecule has 0 saturated heterocycles. The zero-order valence-corrected chi connectivity index (χ0v) is 14.1. The van der Waals surface area contributed by atoms with Crippen molar-refractivity contribution >= 4 is 0 Å². The third-order valence-electron chi connectivity index (χ3n) is 3.67. The Hall–Kier alpha value is -0.860. The van der Waals surface area contributed by atoms with Crippen LogP contribution in [0.4, 0.5) is 0 Å². The lowest BCUT2D eigenvalue weighted by Crippen LogP contribution is -2.31.